The number of carboxylic acids is 1. The predicted molar refractivity (Wildman–Crippen MR) is 78.1 cm³/mol. The summed E-state index contributed by atoms with van der Waals surface area (Å²) in [6.07, 6.45) is 0.656. The third-order valence-corrected chi connectivity index (χ3v) is 3.79. The first kappa shape index (κ1) is 16.0. The SMILES string of the molecule is CC(C)CC(CNCc1cccc(O)c1Br)C(=O)O. The zero-order valence-electron chi connectivity index (χ0n) is 11.2. The van der Waals surface area contributed by atoms with E-state index >= 15 is 0 Å². The maximum Gasteiger partial charge on any atom is 0.307 e. The molecule has 1 rings (SSSR count). The number of hydrogen-bond donors (Lipinski definition) is 3. The Kier molecular flexibility index (Phi) is 6.31. The molecular weight excluding hydrogens is 310 g/mol. The molecule has 0 radical (unpaired) electrons. The molecule has 19 heavy (non-hydrogen) atoms. The van der Waals surface area contributed by atoms with Crippen LogP contribution in [0.15, 0.2) is 22.7 Å². The second kappa shape index (κ2) is 7.50. The van der Waals surface area contributed by atoms with E-state index in [-0.39, 0.29) is 11.7 Å². The molecule has 0 aliphatic heterocycles. The highest BCUT2D eigenvalue weighted by atomic mass is 79.9. The number of phenols is 1. The summed E-state index contributed by atoms with van der Waals surface area (Å²) in [4.78, 5) is 11.1. The van der Waals surface area contributed by atoms with Gasteiger partial charge in [0.05, 0.1) is 10.4 Å². The van der Waals surface area contributed by atoms with Crippen LogP contribution in [-0.2, 0) is 11.3 Å². The number of carbonyl (C=O) groups is 1. The highest BCUT2D eigenvalue weighted by Gasteiger charge is 2.18. The van der Waals surface area contributed by atoms with Crippen molar-refractivity contribution in [2.45, 2.75) is 26.8 Å². The molecule has 0 heterocycles. The van der Waals surface area contributed by atoms with Gasteiger partial charge in [0.25, 0.3) is 0 Å². The van der Waals surface area contributed by atoms with Crippen LogP contribution in [0.3, 0.4) is 0 Å². The number of hydrogen-bond acceptors (Lipinski definition) is 3. The maximum absolute atomic E-state index is 11.1. The van der Waals surface area contributed by atoms with E-state index in [1.807, 2.05) is 19.9 Å². The van der Waals surface area contributed by atoms with E-state index in [1.165, 1.54) is 0 Å². The van der Waals surface area contributed by atoms with E-state index in [2.05, 4.69) is 21.2 Å². The summed E-state index contributed by atoms with van der Waals surface area (Å²) in [5.74, 6) is -0.598. The van der Waals surface area contributed by atoms with Crippen LogP contribution in [0, 0.1) is 11.8 Å². The molecule has 0 aliphatic carbocycles. The van der Waals surface area contributed by atoms with Crippen molar-refractivity contribution in [1.82, 2.24) is 5.32 Å². The Labute approximate surface area is 122 Å². The summed E-state index contributed by atoms with van der Waals surface area (Å²) in [6.45, 7) is 4.98. The molecule has 106 valence electrons. The lowest BCUT2D eigenvalue weighted by Crippen LogP contribution is -2.29. The zero-order chi connectivity index (χ0) is 14.4. The van der Waals surface area contributed by atoms with Crippen LogP contribution < -0.4 is 5.32 Å². The Morgan fingerprint density at radius 2 is 2.11 bits per heavy atom. The quantitative estimate of drug-likeness (QED) is 0.719. The third-order valence-electron chi connectivity index (χ3n) is 2.87. The Morgan fingerprint density at radius 1 is 1.42 bits per heavy atom. The Hall–Kier alpha value is -1.07. The first-order valence-corrected chi connectivity index (χ1v) is 7.11. The minimum Gasteiger partial charge on any atom is -0.507 e. The lowest BCUT2D eigenvalue weighted by molar-refractivity contribution is -0.142. The molecule has 5 heteroatoms. The van der Waals surface area contributed by atoms with Crippen LogP contribution in [0.5, 0.6) is 5.75 Å². The maximum atomic E-state index is 11.1. The van der Waals surface area contributed by atoms with Crippen molar-refractivity contribution in [1.29, 1.82) is 0 Å². The van der Waals surface area contributed by atoms with Gasteiger partial charge in [0.1, 0.15) is 5.75 Å². The van der Waals surface area contributed by atoms with Gasteiger partial charge < -0.3 is 15.5 Å². The van der Waals surface area contributed by atoms with Gasteiger partial charge in [-0.15, -0.1) is 0 Å². The van der Waals surface area contributed by atoms with Crippen LogP contribution in [-0.4, -0.2) is 22.7 Å². The number of halogens is 1. The standard InChI is InChI=1S/C14H20BrNO3/c1-9(2)6-11(14(18)19)8-16-7-10-4-3-5-12(17)13(10)15/h3-5,9,11,16-17H,6-8H2,1-2H3,(H,18,19). The van der Waals surface area contributed by atoms with Crippen molar-refractivity contribution in [3.05, 3.63) is 28.2 Å². The summed E-state index contributed by atoms with van der Waals surface area (Å²) < 4.78 is 0.651. The van der Waals surface area contributed by atoms with Crippen molar-refractivity contribution >= 4 is 21.9 Å². The normalized spacial score (nSPS) is 12.6. The molecule has 0 spiro atoms. The zero-order valence-corrected chi connectivity index (χ0v) is 12.8. The van der Waals surface area contributed by atoms with E-state index in [4.69, 9.17) is 5.11 Å². The first-order valence-electron chi connectivity index (χ1n) is 6.31. The second-order valence-corrected chi connectivity index (χ2v) is 5.84. The van der Waals surface area contributed by atoms with Gasteiger partial charge >= 0.3 is 5.97 Å². The molecule has 0 bridgehead atoms. The molecule has 0 saturated heterocycles. The summed E-state index contributed by atoms with van der Waals surface area (Å²) in [6, 6.07) is 5.25. The van der Waals surface area contributed by atoms with Crippen molar-refractivity contribution in [3.63, 3.8) is 0 Å². The molecule has 0 fully saturated rings. The Balaban J connectivity index is 2.52. The minimum atomic E-state index is -0.767. The number of benzene rings is 1. The number of rotatable bonds is 7. The van der Waals surface area contributed by atoms with Crippen LogP contribution in [0.4, 0.5) is 0 Å². The summed E-state index contributed by atoms with van der Waals surface area (Å²) >= 11 is 3.31. The molecule has 1 unspecified atom stereocenters. The Morgan fingerprint density at radius 3 is 2.68 bits per heavy atom. The number of carboxylic acid groups (broad SMARTS) is 1. The van der Waals surface area contributed by atoms with Gasteiger partial charge in [0.2, 0.25) is 0 Å². The number of phenolic OH excluding ortho intramolecular Hbond substituents is 1. The summed E-state index contributed by atoms with van der Waals surface area (Å²) in [5.41, 5.74) is 0.911. The fourth-order valence-corrected chi connectivity index (χ4v) is 2.33. The van der Waals surface area contributed by atoms with Gasteiger partial charge in [-0.3, -0.25) is 4.79 Å². The highest BCUT2D eigenvalue weighted by Crippen LogP contribution is 2.27. The second-order valence-electron chi connectivity index (χ2n) is 5.05. The third kappa shape index (κ3) is 5.20. The van der Waals surface area contributed by atoms with Gasteiger partial charge in [-0.05, 0) is 39.9 Å². The van der Waals surface area contributed by atoms with Crippen molar-refractivity contribution < 1.29 is 15.0 Å². The fraction of sp³-hybridized carbons (Fsp3) is 0.500. The molecule has 1 aromatic rings. The van der Waals surface area contributed by atoms with Crippen molar-refractivity contribution in [2.24, 2.45) is 11.8 Å². The molecule has 0 saturated carbocycles. The molecule has 4 nitrogen and oxygen atoms in total. The summed E-state index contributed by atoms with van der Waals surface area (Å²) in [5, 5.41) is 21.8. The van der Waals surface area contributed by atoms with Gasteiger partial charge in [0.15, 0.2) is 0 Å². The molecular formula is C14H20BrNO3. The van der Waals surface area contributed by atoms with Gasteiger partial charge in [0, 0.05) is 13.1 Å². The molecule has 0 aromatic heterocycles. The topological polar surface area (TPSA) is 69.6 Å². The van der Waals surface area contributed by atoms with E-state index in [1.54, 1.807) is 12.1 Å². The monoisotopic (exact) mass is 329 g/mol. The predicted octanol–water partition coefficient (Wildman–Crippen LogP) is 2.99. The summed E-state index contributed by atoms with van der Waals surface area (Å²) in [7, 11) is 0. The average Bonchev–Trinajstić information content (AvgIpc) is 2.32. The first-order chi connectivity index (χ1) is 8.91. The lowest BCUT2D eigenvalue weighted by Gasteiger charge is -2.16. The smallest absolute Gasteiger partial charge is 0.307 e. The number of nitrogens with one attached hydrogen (secondary N) is 1. The average molecular weight is 330 g/mol. The lowest BCUT2D eigenvalue weighted by atomic mass is 9.97. The van der Waals surface area contributed by atoms with Gasteiger partial charge in [-0.25, -0.2) is 0 Å². The number of aromatic hydroxyl groups is 1. The Bertz CT molecular complexity index is 435. The van der Waals surface area contributed by atoms with E-state index in [0.29, 0.717) is 29.9 Å². The van der Waals surface area contributed by atoms with Crippen LogP contribution in [0.25, 0.3) is 0 Å². The van der Waals surface area contributed by atoms with E-state index in [0.717, 1.165) is 5.56 Å². The van der Waals surface area contributed by atoms with Gasteiger partial charge in [-0.1, -0.05) is 26.0 Å². The molecule has 3 N–H and O–H groups in total. The van der Waals surface area contributed by atoms with Gasteiger partial charge in [-0.2, -0.15) is 0 Å². The molecule has 0 amide bonds. The molecule has 1 aromatic carbocycles. The van der Waals surface area contributed by atoms with Crippen molar-refractivity contribution in [3.8, 4) is 5.75 Å². The molecule has 0 aliphatic rings. The number of aliphatic carboxylic acids is 1. The highest BCUT2D eigenvalue weighted by molar-refractivity contribution is 9.10. The van der Waals surface area contributed by atoms with E-state index in [9.17, 15) is 9.90 Å². The van der Waals surface area contributed by atoms with Crippen LogP contribution in [0.1, 0.15) is 25.8 Å². The largest absolute Gasteiger partial charge is 0.507 e. The van der Waals surface area contributed by atoms with E-state index < -0.39 is 5.97 Å². The van der Waals surface area contributed by atoms with Crippen LogP contribution in [0.2, 0.25) is 0 Å². The fourth-order valence-electron chi connectivity index (χ4n) is 1.92. The van der Waals surface area contributed by atoms with Crippen molar-refractivity contribution in [2.75, 3.05) is 6.54 Å². The minimum absolute atomic E-state index is 0.191. The van der Waals surface area contributed by atoms with Crippen LogP contribution >= 0.6 is 15.9 Å². The molecule has 1 atom stereocenters.